The van der Waals surface area contributed by atoms with E-state index in [0.29, 0.717) is 5.56 Å². The molecular formula is C12H15N3O. The first kappa shape index (κ1) is 10.7. The summed E-state index contributed by atoms with van der Waals surface area (Å²) in [7, 11) is 3.59. The number of benzene rings is 1. The monoisotopic (exact) mass is 217 g/mol. The molecule has 0 aliphatic carbocycles. The fraction of sp³-hybridized carbons (Fsp3) is 0.250. The molecule has 0 radical (unpaired) electrons. The number of aromatic amines is 1. The maximum Gasteiger partial charge on any atom is 0.268 e. The number of fused-ring (bicyclic) bond motifs is 1. The molecule has 2 aromatic rings. The quantitative estimate of drug-likeness (QED) is 0.752. The van der Waals surface area contributed by atoms with Gasteiger partial charge in [0.05, 0.1) is 5.56 Å². The van der Waals surface area contributed by atoms with Crippen molar-refractivity contribution in [1.29, 1.82) is 0 Å². The summed E-state index contributed by atoms with van der Waals surface area (Å²) < 4.78 is 0. The van der Waals surface area contributed by atoms with Gasteiger partial charge in [0, 0.05) is 30.7 Å². The molecule has 84 valence electrons. The highest BCUT2D eigenvalue weighted by atomic mass is 16.2. The smallest absolute Gasteiger partial charge is 0.268 e. The molecule has 0 saturated heterocycles. The molecule has 0 spiro atoms. The Hall–Kier alpha value is -1.81. The highest BCUT2D eigenvalue weighted by molar-refractivity contribution is 6.07. The minimum atomic E-state index is -0.0834. The van der Waals surface area contributed by atoms with Crippen LogP contribution in [0, 0.1) is 6.92 Å². The third-order valence-corrected chi connectivity index (χ3v) is 2.45. The van der Waals surface area contributed by atoms with E-state index in [-0.39, 0.29) is 5.91 Å². The maximum atomic E-state index is 12.0. The van der Waals surface area contributed by atoms with Crippen molar-refractivity contribution in [3.63, 3.8) is 0 Å². The van der Waals surface area contributed by atoms with E-state index in [4.69, 9.17) is 0 Å². The number of nitrogens with zero attached hydrogens (tertiary/aromatic N) is 1. The Bertz CT molecular complexity index is 528. The zero-order valence-corrected chi connectivity index (χ0v) is 9.66. The van der Waals surface area contributed by atoms with Crippen molar-refractivity contribution in [2.45, 2.75) is 6.92 Å². The lowest BCUT2D eigenvalue weighted by Gasteiger charge is -2.11. The van der Waals surface area contributed by atoms with Gasteiger partial charge >= 0.3 is 0 Å². The zero-order valence-electron chi connectivity index (χ0n) is 9.66. The molecule has 0 aliphatic heterocycles. The van der Waals surface area contributed by atoms with Crippen LogP contribution < -0.4 is 5.43 Å². The van der Waals surface area contributed by atoms with E-state index < -0.39 is 0 Å². The van der Waals surface area contributed by atoms with E-state index in [9.17, 15) is 4.79 Å². The number of hydrogen-bond acceptors (Lipinski definition) is 2. The summed E-state index contributed by atoms with van der Waals surface area (Å²) in [5.74, 6) is -0.0834. The Balaban J connectivity index is 2.51. The fourth-order valence-electron chi connectivity index (χ4n) is 1.83. The van der Waals surface area contributed by atoms with Gasteiger partial charge in [-0.3, -0.25) is 10.2 Å². The third kappa shape index (κ3) is 1.79. The van der Waals surface area contributed by atoms with E-state index >= 15 is 0 Å². The zero-order chi connectivity index (χ0) is 11.7. The predicted octanol–water partition coefficient (Wildman–Crippen LogP) is 1.68. The molecule has 4 heteroatoms. The molecule has 0 saturated carbocycles. The van der Waals surface area contributed by atoms with Gasteiger partial charge in [-0.1, -0.05) is 18.2 Å². The SMILES string of the molecule is Cc1[nH]c2ccccc2c1C(=O)NN(C)C. The van der Waals surface area contributed by atoms with Gasteiger partial charge in [0.15, 0.2) is 0 Å². The topological polar surface area (TPSA) is 48.1 Å². The van der Waals surface area contributed by atoms with E-state index in [0.717, 1.165) is 16.6 Å². The first-order valence-corrected chi connectivity index (χ1v) is 5.15. The van der Waals surface area contributed by atoms with Crippen LogP contribution in [0.15, 0.2) is 24.3 Å². The third-order valence-electron chi connectivity index (χ3n) is 2.45. The number of hydrogen-bond donors (Lipinski definition) is 2. The van der Waals surface area contributed by atoms with Crippen LogP contribution in [-0.4, -0.2) is 30.0 Å². The molecule has 0 aliphatic rings. The summed E-state index contributed by atoms with van der Waals surface area (Å²) in [6, 6.07) is 7.80. The van der Waals surface area contributed by atoms with Gasteiger partial charge in [0.1, 0.15) is 0 Å². The highest BCUT2D eigenvalue weighted by Crippen LogP contribution is 2.21. The second-order valence-corrected chi connectivity index (χ2v) is 4.01. The Kier molecular flexibility index (Phi) is 2.66. The number of carbonyl (C=O) groups excluding carboxylic acids is 1. The molecule has 1 amide bonds. The van der Waals surface area contributed by atoms with E-state index in [1.807, 2.05) is 31.2 Å². The molecule has 0 unspecified atom stereocenters. The van der Waals surface area contributed by atoms with Gasteiger partial charge in [-0.15, -0.1) is 0 Å². The number of carbonyl (C=O) groups is 1. The van der Waals surface area contributed by atoms with Crippen molar-refractivity contribution in [2.24, 2.45) is 0 Å². The van der Waals surface area contributed by atoms with E-state index in [2.05, 4.69) is 10.4 Å². The standard InChI is InChI=1S/C12H15N3O/c1-8-11(12(16)14-15(2)3)9-6-4-5-7-10(9)13-8/h4-7,13H,1-3H3,(H,14,16). The van der Waals surface area contributed by atoms with Gasteiger partial charge < -0.3 is 4.98 Å². The molecule has 1 heterocycles. The molecule has 16 heavy (non-hydrogen) atoms. The summed E-state index contributed by atoms with van der Waals surface area (Å²) in [6.45, 7) is 1.91. The summed E-state index contributed by atoms with van der Waals surface area (Å²) in [6.07, 6.45) is 0. The average Bonchev–Trinajstić information content (AvgIpc) is 2.52. The van der Waals surface area contributed by atoms with Crippen LogP contribution in [0.1, 0.15) is 16.1 Å². The van der Waals surface area contributed by atoms with Crippen LogP contribution >= 0.6 is 0 Å². The Morgan fingerprint density at radius 1 is 1.31 bits per heavy atom. The molecule has 1 aromatic heterocycles. The Morgan fingerprint density at radius 3 is 2.69 bits per heavy atom. The van der Waals surface area contributed by atoms with Crippen molar-refractivity contribution in [3.8, 4) is 0 Å². The minimum absolute atomic E-state index is 0.0834. The van der Waals surface area contributed by atoms with Crippen molar-refractivity contribution < 1.29 is 4.79 Å². The summed E-state index contributed by atoms with van der Waals surface area (Å²) in [5.41, 5.74) is 5.34. The van der Waals surface area contributed by atoms with Crippen molar-refractivity contribution in [3.05, 3.63) is 35.5 Å². The van der Waals surface area contributed by atoms with Crippen LogP contribution in [0.25, 0.3) is 10.9 Å². The molecule has 4 nitrogen and oxygen atoms in total. The lowest BCUT2D eigenvalue weighted by molar-refractivity contribution is 0.0858. The van der Waals surface area contributed by atoms with Crippen LogP contribution in [0.3, 0.4) is 0 Å². The Labute approximate surface area is 94.2 Å². The molecule has 0 fully saturated rings. The number of nitrogens with one attached hydrogen (secondary N) is 2. The second-order valence-electron chi connectivity index (χ2n) is 4.01. The number of hydrazine groups is 1. The summed E-state index contributed by atoms with van der Waals surface area (Å²) >= 11 is 0. The number of H-pyrrole nitrogens is 1. The average molecular weight is 217 g/mol. The van der Waals surface area contributed by atoms with Crippen LogP contribution in [-0.2, 0) is 0 Å². The molecule has 1 aromatic carbocycles. The van der Waals surface area contributed by atoms with Gasteiger partial charge in [-0.25, -0.2) is 5.01 Å². The maximum absolute atomic E-state index is 12.0. The van der Waals surface area contributed by atoms with E-state index in [1.165, 1.54) is 0 Å². The lowest BCUT2D eigenvalue weighted by atomic mass is 10.1. The molecule has 2 rings (SSSR count). The number of rotatable bonds is 2. The summed E-state index contributed by atoms with van der Waals surface area (Å²) in [4.78, 5) is 15.2. The first-order chi connectivity index (χ1) is 7.59. The van der Waals surface area contributed by atoms with Crippen LogP contribution in [0.4, 0.5) is 0 Å². The number of amides is 1. The molecule has 2 N–H and O–H groups in total. The molecular weight excluding hydrogens is 202 g/mol. The van der Waals surface area contributed by atoms with Gasteiger partial charge in [-0.05, 0) is 13.0 Å². The summed E-state index contributed by atoms with van der Waals surface area (Å²) in [5, 5.41) is 2.60. The lowest BCUT2D eigenvalue weighted by Crippen LogP contribution is -2.36. The normalized spacial score (nSPS) is 11.0. The minimum Gasteiger partial charge on any atom is -0.358 e. The van der Waals surface area contributed by atoms with Crippen molar-refractivity contribution in [1.82, 2.24) is 15.4 Å². The highest BCUT2D eigenvalue weighted by Gasteiger charge is 2.15. The predicted molar refractivity (Wildman–Crippen MR) is 64.2 cm³/mol. The Morgan fingerprint density at radius 2 is 2.00 bits per heavy atom. The van der Waals surface area contributed by atoms with Crippen molar-refractivity contribution >= 4 is 16.8 Å². The van der Waals surface area contributed by atoms with Gasteiger partial charge in [0.25, 0.3) is 5.91 Å². The number of para-hydroxylation sites is 1. The fourth-order valence-corrected chi connectivity index (χ4v) is 1.83. The van der Waals surface area contributed by atoms with Gasteiger partial charge in [-0.2, -0.15) is 0 Å². The van der Waals surface area contributed by atoms with Crippen molar-refractivity contribution in [2.75, 3.05) is 14.1 Å². The number of aryl methyl sites for hydroxylation is 1. The first-order valence-electron chi connectivity index (χ1n) is 5.15. The van der Waals surface area contributed by atoms with Gasteiger partial charge in [0.2, 0.25) is 0 Å². The second kappa shape index (κ2) is 3.98. The largest absolute Gasteiger partial charge is 0.358 e. The van der Waals surface area contributed by atoms with E-state index in [1.54, 1.807) is 19.1 Å². The number of aromatic nitrogens is 1. The van der Waals surface area contributed by atoms with Crippen LogP contribution in [0.2, 0.25) is 0 Å². The van der Waals surface area contributed by atoms with Crippen LogP contribution in [0.5, 0.6) is 0 Å². The molecule has 0 atom stereocenters. The molecule has 0 bridgehead atoms.